The molecule has 0 aliphatic heterocycles. The number of sulfonamides is 1. The molecule has 110 valence electrons. The standard InChI is InChI=1S/C13H16FNO4S/c1-15(10-4-3-5-10)20(17,18)12-8-9(14)6-7-11(12)13(16)19-2/h6-8,10H,3-5H2,1-2H3. The average molecular weight is 301 g/mol. The Morgan fingerprint density at radius 1 is 1.40 bits per heavy atom. The first-order valence-electron chi connectivity index (χ1n) is 6.24. The summed E-state index contributed by atoms with van der Waals surface area (Å²) >= 11 is 0. The number of ether oxygens (including phenoxy) is 1. The Balaban J connectivity index is 2.49. The molecule has 1 fully saturated rings. The first-order chi connectivity index (χ1) is 9.37. The van der Waals surface area contributed by atoms with Gasteiger partial charge < -0.3 is 4.74 Å². The molecule has 5 nitrogen and oxygen atoms in total. The second kappa shape index (κ2) is 5.49. The predicted molar refractivity (Wildman–Crippen MR) is 70.3 cm³/mol. The fourth-order valence-corrected chi connectivity index (χ4v) is 3.69. The Labute approximate surface area is 117 Å². The lowest BCUT2D eigenvalue weighted by atomic mass is 9.94. The van der Waals surface area contributed by atoms with E-state index in [1.807, 2.05) is 0 Å². The van der Waals surface area contributed by atoms with Crippen molar-refractivity contribution < 1.29 is 22.3 Å². The van der Waals surface area contributed by atoms with Crippen LogP contribution in [0.25, 0.3) is 0 Å². The lowest BCUT2D eigenvalue weighted by Gasteiger charge is -2.34. The first-order valence-corrected chi connectivity index (χ1v) is 7.68. The van der Waals surface area contributed by atoms with Crippen LogP contribution in [0.4, 0.5) is 4.39 Å². The number of benzene rings is 1. The smallest absolute Gasteiger partial charge is 0.339 e. The van der Waals surface area contributed by atoms with Crippen LogP contribution < -0.4 is 0 Å². The maximum atomic E-state index is 13.4. The number of methoxy groups -OCH3 is 1. The molecule has 1 saturated carbocycles. The maximum Gasteiger partial charge on any atom is 0.339 e. The summed E-state index contributed by atoms with van der Waals surface area (Å²) in [6.07, 6.45) is 2.52. The molecular weight excluding hydrogens is 285 g/mol. The van der Waals surface area contributed by atoms with Crippen LogP contribution in [0.3, 0.4) is 0 Å². The Morgan fingerprint density at radius 3 is 2.55 bits per heavy atom. The predicted octanol–water partition coefficient (Wildman–Crippen LogP) is 1.79. The molecule has 0 atom stereocenters. The van der Waals surface area contributed by atoms with Gasteiger partial charge in [-0.25, -0.2) is 17.6 Å². The van der Waals surface area contributed by atoms with Crippen molar-refractivity contribution in [2.75, 3.05) is 14.2 Å². The van der Waals surface area contributed by atoms with Crippen LogP contribution in [-0.2, 0) is 14.8 Å². The normalized spacial score (nSPS) is 16.0. The van der Waals surface area contributed by atoms with Gasteiger partial charge in [0.25, 0.3) is 0 Å². The molecule has 0 N–H and O–H groups in total. The van der Waals surface area contributed by atoms with Crippen LogP contribution in [0.5, 0.6) is 0 Å². The molecule has 0 amide bonds. The van der Waals surface area contributed by atoms with E-state index in [4.69, 9.17) is 0 Å². The van der Waals surface area contributed by atoms with Crippen molar-refractivity contribution in [2.45, 2.75) is 30.2 Å². The van der Waals surface area contributed by atoms with E-state index in [9.17, 15) is 17.6 Å². The topological polar surface area (TPSA) is 63.7 Å². The van der Waals surface area contributed by atoms with Crippen LogP contribution in [0.1, 0.15) is 29.6 Å². The van der Waals surface area contributed by atoms with Gasteiger partial charge in [0.1, 0.15) is 5.82 Å². The Kier molecular flexibility index (Phi) is 4.10. The summed E-state index contributed by atoms with van der Waals surface area (Å²) in [6.45, 7) is 0. The molecular formula is C13H16FNO4S. The summed E-state index contributed by atoms with van der Waals surface area (Å²) in [7, 11) is -1.31. The quantitative estimate of drug-likeness (QED) is 0.795. The first kappa shape index (κ1) is 14.9. The zero-order valence-corrected chi connectivity index (χ0v) is 12.1. The fraction of sp³-hybridized carbons (Fsp3) is 0.462. The number of nitrogens with zero attached hydrogens (tertiary/aromatic N) is 1. The summed E-state index contributed by atoms with van der Waals surface area (Å²) in [5.74, 6) is -1.51. The second-order valence-corrected chi connectivity index (χ2v) is 6.70. The third-order valence-electron chi connectivity index (χ3n) is 3.59. The van der Waals surface area contributed by atoms with Crippen molar-refractivity contribution in [2.24, 2.45) is 0 Å². The number of carbonyl (C=O) groups excluding carboxylic acids is 1. The number of hydrogen-bond donors (Lipinski definition) is 0. The highest BCUT2D eigenvalue weighted by atomic mass is 32.2. The molecule has 20 heavy (non-hydrogen) atoms. The maximum absolute atomic E-state index is 13.4. The summed E-state index contributed by atoms with van der Waals surface area (Å²) in [6, 6.07) is 2.93. The summed E-state index contributed by atoms with van der Waals surface area (Å²) in [4.78, 5) is 11.3. The van der Waals surface area contributed by atoms with Gasteiger partial charge in [0.2, 0.25) is 10.0 Å². The molecule has 0 heterocycles. The molecule has 0 spiro atoms. The number of rotatable bonds is 4. The van der Waals surface area contributed by atoms with E-state index in [2.05, 4.69) is 4.74 Å². The second-order valence-electron chi connectivity index (χ2n) is 4.74. The molecule has 0 aromatic heterocycles. The molecule has 1 aromatic carbocycles. The summed E-state index contributed by atoms with van der Waals surface area (Å²) < 4.78 is 44.1. The van der Waals surface area contributed by atoms with E-state index in [-0.39, 0.29) is 16.5 Å². The van der Waals surface area contributed by atoms with Gasteiger partial charge in [-0.05, 0) is 31.0 Å². The molecule has 1 aliphatic rings. The molecule has 2 rings (SSSR count). The van der Waals surface area contributed by atoms with Gasteiger partial charge in [-0.15, -0.1) is 0 Å². The Bertz CT molecular complexity index is 625. The number of hydrogen-bond acceptors (Lipinski definition) is 4. The van der Waals surface area contributed by atoms with Gasteiger partial charge in [-0.3, -0.25) is 0 Å². The van der Waals surface area contributed by atoms with Gasteiger partial charge in [-0.1, -0.05) is 6.42 Å². The molecule has 0 radical (unpaired) electrons. The largest absolute Gasteiger partial charge is 0.465 e. The zero-order chi connectivity index (χ0) is 14.9. The van der Waals surface area contributed by atoms with Crippen molar-refractivity contribution in [3.8, 4) is 0 Å². The van der Waals surface area contributed by atoms with Crippen LogP contribution in [-0.4, -0.2) is 38.9 Å². The Hall–Kier alpha value is -1.47. The lowest BCUT2D eigenvalue weighted by Crippen LogP contribution is -2.41. The average Bonchev–Trinajstić information content (AvgIpc) is 2.35. The summed E-state index contributed by atoms with van der Waals surface area (Å²) in [5.41, 5.74) is -0.153. The minimum Gasteiger partial charge on any atom is -0.465 e. The SMILES string of the molecule is COC(=O)c1ccc(F)cc1S(=O)(=O)N(C)C1CCC1. The van der Waals surface area contributed by atoms with Gasteiger partial charge >= 0.3 is 5.97 Å². The fourth-order valence-electron chi connectivity index (χ4n) is 2.09. The third kappa shape index (κ3) is 2.55. The van der Waals surface area contributed by atoms with E-state index >= 15 is 0 Å². The van der Waals surface area contributed by atoms with Crippen molar-refractivity contribution in [3.05, 3.63) is 29.6 Å². The lowest BCUT2D eigenvalue weighted by molar-refractivity contribution is 0.0596. The van der Waals surface area contributed by atoms with Crippen molar-refractivity contribution >= 4 is 16.0 Å². The summed E-state index contributed by atoms with van der Waals surface area (Å²) in [5, 5.41) is 0. The van der Waals surface area contributed by atoms with Crippen LogP contribution >= 0.6 is 0 Å². The number of esters is 1. The van der Waals surface area contributed by atoms with Gasteiger partial charge in [0.05, 0.1) is 17.6 Å². The van der Waals surface area contributed by atoms with E-state index in [1.54, 1.807) is 0 Å². The zero-order valence-electron chi connectivity index (χ0n) is 11.3. The number of carbonyl (C=O) groups is 1. The molecule has 7 heteroatoms. The molecule has 0 saturated heterocycles. The minimum atomic E-state index is -3.91. The van der Waals surface area contributed by atoms with Crippen molar-refractivity contribution in [1.29, 1.82) is 0 Å². The Morgan fingerprint density at radius 2 is 2.05 bits per heavy atom. The minimum absolute atomic E-state index is 0.0891. The number of halogens is 1. The highest BCUT2D eigenvalue weighted by Crippen LogP contribution is 2.30. The van der Waals surface area contributed by atoms with Crippen LogP contribution in [0.15, 0.2) is 23.1 Å². The van der Waals surface area contributed by atoms with Crippen molar-refractivity contribution in [1.82, 2.24) is 4.31 Å². The highest BCUT2D eigenvalue weighted by Gasteiger charge is 2.34. The van der Waals surface area contributed by atoms with E-state index in [0.29, 0.717) is 0 Å². The van der Waals surface area contributed by atoms with Crippen LogP contribution in [0.2, 0.25) is 0 Å². The van der Waals surface area contributed by atoms with Gasteiger partial charge in [-0.2, -0.15) is 4.31 Å². The third-order valence-corrected chi connectivity index (χ3v) is 5.54. The van der Waals surface area contributed by atoms with E-state index in [1.165, 1.54) is 11.4 Å². The molecule has 0 bridgehead atoms. The monoisotopic (exact) mass is 301 g/mol. The van der Waals surface area contributed by atoms with Gasteiger partial charge in [0, 0.05) is 13.1 Å². The van der Waals surface area contributed by atoms with E-state index < -0.39 is 21.8 Å². The molecule has 0 unspecified atom stereocenters. The highest BCUT2D eigenvalue weighted by molar-refractivity contribution is 7.89. The van der Waals surface area contributed by atoms with Crippen molar-refractivity contribution in [3.63, 3.8) is 0 Å². The van der Waals surface area contributed by atoms with Crippen LogP contribution in [0, 0.1) is 5.82 Å². The van der Waals surface area contributed by atoms with E-state index in [0.717, 1.165) is 44.6 Å². The molecule has 1 aliphatic carbocycles. The van der Waals surface area contributed by atoms with Gasteiger partial charge in [0.15, 0.2) is 0 Å². The molecule has 1 aromatic rings.